The molecule has 7 nitrogen and oxygen atoms in total. The Morgan fingerprint density at radius 3 is 2.34 bits per heavy atom. The van der Waals surface area contributed by atoms with Crippen LogP contribution in [0.4, 0.5) is 10.1 Å². The van der Waals surface area contributed by atoms with Crippen LogP contribution in [0.25, 0.3) is 0 Å². The van der Waals surface area contributed by atoms with Crippen LogP contribution in [0.3, 0.4) is 0 Å². The molecule has 0 aliphatic heterocycles. The summed E-state index contributed by atoms with van der Waals surface area (Å²) in [6, 6.07) is 14.7. The first-order valence-corrected chi connectivity index (χ1v) is 9.71. The molecule has 2 N–H and O–H groups in total. The predicted molar refractivity (Wildman–Crippen MR) is 120 cm³/mol. The Balaban J connectivity index is 1.77. The second-order valence-corrected chi connectivity index (χ2v) is 6.90. The monoisotopic (exact) mass is 455 g/mol. The van der Waals surface area contributed by atoms with Gasteiger partial charge in [0.2, 0.25) is 0 Å². The molecule has 0 saturated heterocycles. The molecule has 0 aromatic heterocycles. The van der Waals surface area contributed by atoms with Crippen molar-refractivity contribution in [1.82, 2.24) is 5.43 Å². The first-order valence-electron chi connectivity index (χ1n) is 9.33. The van der Waals surface area contributed by atoms with Crippen molar-refractivity contribution in [2.75, 3.05) is 19.5 Å². The van der Waals surface area contributed by atoms with Crippen LogP contribution in [0, 0.1) is 5.82 Å². The number of benzene rings is 3. The molecule has 2 amide bonds. The number of hydrogen-bond acceptors (Lipinski definition) is 5. The van der Waals surface area contributed by atoms with Crippen LogP contribution >= 0.6 is 11.6 Å². The summed E-state index contributed by atoms with van der Waals surface area (Å²) in [6.07, 6.45) is 1.37. The molecule has 0 aliphatic rings. The van der Waals surface area contributed by atoms with Crippen LogP contribution < -0.4 is 20.2 Å². The first kappa shape index (κ1) is 22.8. The summed E-state index contributed by atoms with van der Waals surface area (Å²) < 4.78 is 23.4. The molecule has 0 fully saturated rings. The highest BCUT2D eigenvalue weighted by Gasteiger charge is 2.16. The number of carbonyl (C=O) groups is 2. The number of ether oxygens (including phenoxy) is 2. The largest absolute Gasteiger partial charge is 0.493 e. The van der Waals surface area contributed by atoms with Gasteiger partial charge in [0, 0.05) is 10.6 Å². The summed E-state index contributed by atoms with van der Waals surface area (Å²) in [5.74, 6) is -0.549. The van der Waals surface area contributed by atoms with Crippen molar-refractivity contribution >= 4 is 35.3 Å². The summed E-state index contributed by atoms with van der Waals surface area (Å²) in [5, 5.41) is 6.88. The number of nitrogens with zero attached hydrogens (tertiary/aromatic N) is 1. The van der Waals surface area contributed by atoms with E-state index in [2.05, 4.69) is 15.8 Å². The molecule has 0 atom stereocenters. The average molecular weight is 456 g/mol. The highest BCUT2D eigenvalue weighted by Crippen LogP contribution is 2.28. The Morgan fingerprint density at radius 1 is 0.938 bits per heavy atom. The number of rotatable bonds is 7. The molecule has 0 unspecified atom stereocenters. The molecule has 0 heterocycles. The maximum Gasteiger partial charge on any atom is 0.273 e. The normalized spacial score (nSPS) is 10.6. The maximum atomic E-state index is 13.0. The molecule has 32 heavy (non-hydrogen) atoms. The molecule has 3 aromatic carbocycles. The third-order valence-electron chi connectivity index (χ3n) is 4.37. The van der Waals surface area contributed by atoms with Crippen LogP contribution in [-0.4, -0.2) is 32.2 Å². The van der Waals surface area contributed by atoms with Gasteiger partial charge in [-0.25, -0.2) is 9.82 Å². The summed E-state index contributed by atoms with van der Waals surface area (Å²) >= 11 is 6.06. The minimum Gasteiger partial charge on any atom is -0.493 e. The Morgan fingerprint density at radius 2 is 1.66 bits per heavy atom. The topological polar surface area (TPSA) is 89.0 Å². The first-order chi connectivity index (χ1) is 15.4. The van der Waals surface area contributed by atoms with Gasteiger partial charge in [0.15, 0.2) is 11.5 Å². The lowest BCUT2D eigenvalue weighted by molar-refractivity contribution is 0.0956. The van der Waals surface area contributed by atoms with Crippen molar-refractivity contribution in [2.45, 2.75) is 0 Å². The van der Waals surface area contributed by atoms with Gasteiger partial charge in [-0.3, -0.25) is 9.59 Å². The molecule has 0 aliphatic carbocycles. The molecule has 164 valence electrons. The van der Waals surface area contributed by atoms with Crippen molar-refractivity contribution in [1.29, 1.82) is 0 Å². The fourth-order valence-corrected chi connectivity index (χ4v) is 2.94. The van der Waals surface area contributed by atoms with Crippen LogP contribution in [0.1, 0.15) is 26.3 Å². The summed E-state index contributed by atoms with van der Waals surface area (Å²) in [7, 11) is 2.96. The number of methoxy groups -OCH3 is 2. The van der Waals surface area contributed by atoms with Crippen LogP contribution in [0.2, 0.25) is 5.02 Å². The van der Waals surface area contributed by atoms with Crippen molar-refractivity contribution in [3.8, 4) is 11.5 Å². The molecule has 0 saturated carbocycles. The van der Waals surface area contributed by atoms with Gasteiger partial charge in [-0.05, 0) is 54.1 Å². The number of nitrogens with one attached hydrogen (secondary N) is 2. The van der Waals surface area contributed by atoms with E-state index in [0.717, 1.165) is 0 Å². The van der Waals surface area contributed by atoms with Gasteiger partial charge in [0.1, 0.15) is 5.82 Å². The third kappa shape index (κ3) is 5.61. The van der Waals surface area contributed by atoms with Gasteiger partial charge in [0.05, 0.1) is 31.7 Å². The highest BCUT2D eigenvalue weighted by molar-refractivity contribution is 6.31. The molecule has 0 radical (unpaired) electrons. The second kappa shape index (κ2) is 10.4. The Hall–Kier alpha value is -3.91. The molecular weight excluding hydrogens is 437 g/mol. The second-order valence-electron chi connectivity index (χ2n) is 6.46. The predicted octanol–water partition coefficient (Wildman–Crippen LogP) is 4.51. The number of carbonyl (C=O) groups excluding carboxylic acids is 2. The van der Waals surface area contributed by atoms with E-state index in [1.54, 1.807) is 12.1 Å². The van der Waals surface area contributed by atoms with Crippen molar-refractivity contribution in [2.24, 2.45) is 5.10 Å². The maximum absolute atomic E-state index is 13.0. The van der Waals surface area contributed by atoms with E-state index >= 15 is 0 Å². The van der Waals surface area contributed by atoms with Crippen molar-refractivity contribution in [3.63, 3.8) is 0 Å². The highest BCUT2D eigenvalue weighted by atomic mass is 35.5. The smallest absolute Gasteiger partial charge is 0.273 e. The zero-order valence-corrected chi connectivity index (χ0v) is 17.9. The molecular formula is C23H19ClFN3O4. The zero-order valence-electron chi connectivity index (χ0n) is 17.2. The zero-order chi connectivity index (χ0) is 23.1. The van der Waals surface area contributed by atoms with Gasteiger partial charge < -0.3 is 14.8 Å². The summed E-state index contributed by atoms with van der Waals surface area (Å²) in [5.41, 5.74) is 3.62. The number of hydrogen-bond donors (Lipinski definition) is 2. The lowest BCUT2D eigenvalue weighted by atomic mass is 10.1. The Labute approximate surface area is 188 Å². The number of hydrazone groups is 1. The summed E-state index contributed by atoms with van der Waals surface area (Å²) in [6.45, 7) is 0. The quantitative estimate of drug-likeness (QED) is 0.405. The van der Waals surface area contributed by atoms with E-state index in [1.165, 1.54) is 69.0 Å². The molecule has 3 aromatic rings. The molecule has 0 bridgehead atoms. The number of halogens is 2. The SMILES string of the molecule is COc1ccc(C(=O)Nc2cc(Cl)ccc2C(=O)NN=Cc2ccc(F)cc2)cc1OC. The van der Waals surface area contributed by atoms with Crippen LogP contribution in [0.15, 0.2) is 65.8 Å². The standard InChI is InChI=1S/C23H19ClFN3O4/c1-31-20-10-5-15(11-21(20)32-2)22(29)27-19-12-16(24)6-9-18(19)23(30)28-26-13-14-3-7-17(25)8-4-14/h3-13H,1-2H3,(H,27,29)(H,28,30). The fraction of sp³-hybridized carbons (Fsp3) is 0.0870. The van der Waals surface area contributed by atoms with Crippen LogP contribution in [-0.2, 0) is 0 Å². The van der Waals surface area contributed by atoms with Crippen molar-refractivity contribution in [3.05, 3.63) is 88.2 Å². The lowest BCUT2D eigenvalue weighted by Gasteiger charge is -2.12. The number of anilines is 1. The van der Waals surface area contributed by atoms with E-state index in [-0.39, 0.29) is 17.1 Å². The van der Waals surface area contributed by atoms with Gasteiger partial charge in [-0.15, -0.1) is 0 Å². The van der Waals surface area contributed by atoms with Crippen molar-refractivity contribution < 1.29 is 23.5 Å². The summed E-state index contributed by atoms with van der Waals surface area (Å²) in [4.78, 5) is 25.4. The Kier molecular flexibility index (Phi) is 7.41. The van der Waals surface area contributed by atoms with E-state index < -0.39 is 11.8 Å². The molecule has 3 rings (SSSR count). The fourth-order valence-electron chi connectivity index (χ4n) is 2.76. The van der Waals surface area contributed by atoms with E-state index in [0.29, 0.717) is 27.6 Å². The minimum atomic E-state index is -0.567. The van der Waals surface area contributed by atoms with Gasteiger partial charge in [0.25, 0.3) is 11.8 Å². The van der Waals surface area contributed by atoms with Gasteiger partial charge in [-0.2, -0.15) is 5.10 Å². The van der Waals surface area contributed by atoms with Crippen LogP contribution in [0.5, 0.6) is 11.5 Å². The van der Waals surface area contributed by atoms with E-state index in [4.69, 9.17) is 21.1 Å². The minimum absolute atomic E-state index is 0.152. The lowest BCUT2D eigenvalue weighted by Crippen LogP contribution is -2.21. The Bertz CT molecular complexity index is 1170. The molecule has 9 heteroatoms. The molecule has 0 spiro atoms. The van der Waals surface area contributed by atoms with E-state index in [1.807, 2.05) is 0 Å². The number of amides is 2. The third-order valence-corrected chi connectivity index (χ3v) is 4.60. The van der Waals surface area contributed by atoms with Gasteiger partial charge in [-0.1, -0.05) is 23.7 Å². The average Bonchev–Trinajstić information content (AvgIpc) is 2.79. The van der Waals surface area contributed by atoms with Gasteiger partial charge >= 0.3 is 0 Å². The van der Waals surface area contributed by atoms with E-state index in [9.17, 15) is 14.0 Å².